The summed E-state index contributed by atoms with van der Waals surface area (Å²) in [5, 5.41) is 24.7. The number of hydrogen-bond donors (Lipinski definition) is 3. The first-order chi connectivity index (χ1) is 15.5. The Balaban J connectivity index is 1.59. The first kappa shape index (κ1) is 21.8. The van der Waals surface area contributed by atoms with Gasteiger partial charge in [-0.2, -0.15) is 5.10 Å². The Hall–Kier alpha value is -3.44. The molecule has 3 N–H and O–H groups in total. The van der Waals surface area contributed by atoms with Crippen molar-refractivity contribution in [2.24, 2.45) is 0 Å². The van der Waals surface area contributed by atoms with Crippen molar-refractivity contribution in [1.29, 1.82) is 0 Å². The van der Waals surface area contributed by atoms with Crippen molar-refractivity contribution in [2.45, 2.75) is 25.0 Å². The Morgan fingerprint density at radius 2 is 2.22 bits per heavy atom. The number of nitrogens with zero attached hydrogens (tertiary/aromatic N) is 4. The van der Waals surface area contributed by atoms with E-state index in [4.69, 9.17) is 14.6 Å². The zero-order valence-electron chi connectivity index (χ0n) is 17.4. The second-order valence-corrected chi connectivity index (χ2v) is 7.41. The number of carbonyl (C=O) groups excluding carboxylic acids is 1. The molecule has 0 bridgehead atoms. The second-order valence-electron chi connectivity index (χ2n) is 7.41. The summed E-state index contributed by atoms with van der Waals surface area (Å²) in [6, 6.07) is 6.15. The van der Waals surface area contributed by atoms with Crippen LogP contribution in [-0.4, -0.2) is 63.8 Å². The fourth-order valence-electron chi connectivity index (χ4n) is 3.80. The minimum atomic E-state index is -1.08. The highest BCUT2D eigenvalue weighted by molar-refractivity contribution is 5.73. The lowest BCUT2D eigenvalue weighted by Gasteiger charge is -2.27. The fraction of sp³-hybridized carbons (Fsp3) is 0.381. The summed E-state index contributed by atoms with van der Waals surface area (Å²) in [4.78, 5) is 18.7. The molecule has 4 rings (SSSR count). The van der Waals surface area contributed by atoms with E-state index >= 15 is 0 Å². The van der Waals surface area contributed by atoms with Crippen molar-refractivity contribution in [3.63, 3.8) is 0 Å². The molecule has 0 aliphatic carbocycles. The van der Waals surface area contributed by atoms with Gasteiger partial charge in [-0.3, -0.25) is 0 Å². The number of aliphatic hydroxyl groups excluding tert-OH is 2. The first-order valence-electron chi connectivity index (χ1n) is 10.2. The molecule has 1 amide bonds. The van der Waals surface area contributed by atoms with Crippen LogP contribution in [0.5, 0.6) is 11.5 Å². The van der Waals surface area contributed by atoms with Gasteiger partial charge in [0.25, 0.3) is 0 Å². The number of anilines is 1. The van der Waals surface area contributed by atoms with E-state index in [0.29, 0.717) is 17.2 Å². The zero-order valence-corrected chi connectivity index (χ0v) is 17.4. The topological polar surface area (TPSA) is 121 Å². The minimum Gasteiger partial charge on any atom is -0.496 e. The number of halogens is 1. The predicted molar refractivity (Wildman–Crippen MR) is 112 cm³/mol. The SMILES string of the molecule is COc1ccc(F)cc1[C@H]1CCCN1c1ccn2ncc(OC(=O)NC[C@H](O)CO)c2n1. The fourth-order valence-corrected chi connectivity index (χ4v) is 3.80. The van der Waals surface area contributed by atoms with E-state index in [1.54, 1.807) is 25.4 Å². The van der Waals surface area contributed by atoms with E-state index in [1.807, 2.05) is 0 Å². The molecule has 11 heteroatoms. The van der Waals surface area contributed by atoms with Gasteiger partial charge in [-0.15, -0.1) is 0 Å². The van der Waals surface area contributed by atoms with Gasteiger partial charge in [0.1, 0.15) is 17.4 Å². The van der Waals surface area contributed by atoms with Gasteiger partial charge in [-0.25, -0.2) is 18.7 Å². The molecule has 0 saturated carbocycles. The summed E-state index contributed by atoms with van der Waals surface area (Å²) < 4.78 is 26.1. The lowest BCUT2D eigenvalue weighted by molar-refractivity contribution is 0.0937. The molecule has 170 valence electrons. The van der Waals surface area contributed by atoms with Crippen molar-refractivity contribution < 1.29 is 28.9 Å². The quantitative estimate of drug-likeness (QED) is 0.502. The van der Waals surface area contributed by atoms with Gasteiger partial charge < -0.3 is 29.9 Å². The molecule has 32 heavy (non-hydrogen) atoms. The third-order valence-electron chi connectivity index (χ3n) is 5.32. The summed E-state index contributed by atoms with van der Waals surface area (Å²) in [6.45, 7) is 0.0878. The van der Waals surface area contributed by atoms with Crippen LogP contribution in [0.1, 0.15) is 24.4 Å². The highest BCUT2D eigenvalue weighted by atomic mass is 19.1. The summed E-state index contributed by atoms with van der Waals surface area (Å²) in [6.07, 6.45) is 2.90. The van der Waals surface area contributed by atoms with Crippen LogP contribution >= 0.6 is 0 Å². The van der Waals surface area contributed by atoms with Gasteiger partial charge in [0, 0.05) is 24.8 Å². The summed E-state index contributed by atoms with van der Waals surface area (Å²) in [5.74, 6) is 1.05. The van der Waals surface area contributed by atoms with Crippen LogP contribution in [-0.2, 0) is 0 Å². The molecular weight excluding hydrogens is 421 g/mol. The van der Waals surface area contributed by atoms with Crippen molar-refractivity contribution in [3.8, 4) is 11.5 Å². The van der Waals surface area contributed by atoms with Crippen molar-refractivity contribution in [1.82, 2.24) is 19.9 Å². The van der Waals surface area contributed by atoms with E-state index in [-0.39, 0.29) is 24.2 Å². The molecule has 1 fully saturated rings. The molecule has 1 saturated heterocycles. The largest absolute Gasteiger partial charge is 0.496 e. The molecule has 2 atom stereocenters. The van der Waals surface area contributed by atoms with Crippen molar-refractivity contribution >= 4 is 17.6 Å². The van der Waals surface area contributed by atoms with Gasteiger partial charge in [0.15, 0.2) is 5.75 Å². The number of aliphatic hydroxyl groups is 2. The third kappa shape index (κ3) is 4.43. The number of ether oxygens (including phenoxy) is 2. The van der Waals surface area contributed by atoms with Crippen LogP contribution in [0.4, 0.5) is 15.0 Å². The summed E-state index contributed by atoms with van der Waals surface area (Å²) in [5.41, 5.74) is 1.08. The molecule has 1 aliphatic rings. The maximum absolute atomic E-state index is 14.0. The Labute approximate surface area is 183 Å². The lowest BCUT2D eigenvalue weighted by Crippen LogP contribution is -2.35. The van der Waals surface area contributed by atoms with E-state index < -0.39 is 18.8 Å². The number of fused-ring (bicyclic) bond motifs is 1. The van der Waals surface area contributed by atoms with Crippen LogP contribution < -0.4 is 19.7 Å². The van der Waals surface area contributed by atoms with Crippen molar-refractivity contribution in [3.05, 3.63) is 48.0 Å². The van der Waals surface area contributed by atoms with E-state index in [9.17, 15) is 14.3 Å². The molecule has 0 radical (unpaired) electrons. The average molecular weight is 445 g/mol. The molecule has 3 heterocycles. The van der Waals surface area contributed by atoms with Crippen LogP contribution in [0.15, 0.2) is 36.7 Å². The van der Waals surface area contributed by atoms with Gasteiger partial charge in [-0.05, 0) is 37.1 Å². The molecule has 10 nitrogen and oxygen atoms in total. The van der Waals surface area contributed by atoms with Crippen LogP contribution in [0.3, 0.4) is 0 Å². The highest BCUT2D eigenvalue weighted by Gasteiger charge is 2.30. The smallest absolute Gasteiger partial charge is 0.412 e. The number of methoxy groups -OCH3 is 1. The minimum absolute atomic E-state index is 0.119. The monoisotopic (exact) mass is 445 g/mol. The maximum Gasteiger partial charge on any atom is 0.412 e. The predicted octanol–water partition coefficient (Wildman–Crippen LogP) is 1.66. The molecule has 0 spiro atoms. The Morgan fingerprint density at radius 3 is 3.00 bits per heavy atom. The number of rotatable bonds is 7. The first-order valence-corrected chi connectivity index (χ1v) is 10.2. The normalized spacial score (nSPS) is 16.9. The van der Waals surface area contributed by atoms with Gasteiger partial charge in [-0.1, -0.05) is 0 Å². The van der Waals surface area contributed by atoms with Gasteiger partial charge >= 0.3 is 6.09 Å². The van der Waals surface area contributed by atoms with Crippen LogP contribution in [0.25, 0.3) is 5.65 Å². The maximum atomic E-state index is 14.0. The molecular formula is C21H24FN5O5. The van der Waals surface area contributed by atoms with Crippen LogP contribution in [0, 0.1) is 5.82 Å². The number of aromatic nitrogens is 3. The van der Waals surface area contributed by atoms with Gasteiger partial charge in [0.05, 0.1) is 32.1 Å². The van der Waals surface area contributed by atoms with E-state index in [0.717, 1.165) is 24.9 Å². The number of nitrogens with one attached hydrogen (secondary N) is 1. The highest BCUT2D eigenvalue weighted by Crippen LogP contribution is 2.39. The Kier molecular flexibility index (Phi) is 6.37. The average Bonchev–Trinajstić information content (AvgIpc) is 3.44. The number of amides is 1. The number of hydrogen-bond acceptors (Lipinski definition) is 8. The summed E-state index contributed by atoms with van der Waals surface area (Å²) >= 11 is 0. The van der Waals surface area contributed by atoms with E-state index in [1.165, 1.54) is 22.8 Å². The van der Waals surface area contributed by atoms with Crippen LogP contribution in [0.2, 0.25) is 0 Å². The second kappa shape index (κ2) is 9.37. The van der Waals surface area contributed by atoms with Gasteiger partial charge in [0.2, 0.25) is 5.65 Å². The number of benzene rings is 1. The lowest BCUT2D eigenvalue weighted by atomic mass is 10.0. The standard InChI is InChI=1S/C21H24FN5O5/c1-31-17-5-4-13(22)9-15(17)16-3-2-7-26(16)19-6-8-27-20(25-19)18(11-24-27)32-21(30)23-10-14(29)12-28/h4-6,8-9,11,14,16,28-29H,2-3,7,10,12H2,1H3,(H,23,30)/t14-,16+/m0/s1. The molecule has 3 aromatic rings. The summed E-state index contributed by atoms with van der Waals surface area (Å²) in [7, 11) is 1.56. The molecule has 1 aromatic carbocycles. The van der Waals surface area contributed by atoms with E-state index in [2.05, 4.69) is 20.3 Å². The molecule has 2 aromatic heterocycles. The molecule has 0 unspecified atom stereocenters. The zero-order chi connectivity index (χ0) is 22.7. The molecule has 1 aliphatic heterocycles. The third-order valence-corrected chi connectivity index (χ3v) is 5.32. The Bertz CT molecular complexity index is 1110. The number of carbonyl (C=O) groups is 1. The Morgan fingerprint density at radius 1 is 1.38 bits per heavy atom. The van der Waals surface area contributed by atoms with Crippen molar-refractivity contribution in [2.75, 3.05) is 31.7 Å².